The molecule has 1 N–H and O–H groups in total. The molecular formula is C15H24N2O2. The zero-order valence-electron chi connectivity index (χ0n) is 12.3. The fourth-order valence-corrected chi connectivity index (χ4v) is 2.88. The standard InChI is InChI=1S/C15H24N2O2/c1-10-9-13(17-19-10)16-14(18)11-5-7-12(8-6-11)15(2,3)4/h9,11-12H,5-8H2,1-4H3,(H,16,17,18). The summed E-state index contributed by atoms with van der Waals surface area (Å²) < 4.78 is 4.95. The maximum Gasteiger partial charge on any atom is 0.228 e. The molecule has 0 radical (unpaired) electrons. The van der Waals surface area contributed by atoms with E-state index in [4.69, 9.17) is 4.52 Å². The van der Waals surface area contributed by atoms with E-state index in [0.29, 0.717) is 17.0 Å². The predicted molar refractivity (Wildman–Crippen MR) is 74.8 cm³/mol. The molecule has 0 unspecified atom stereocenters. The van der Waals surface area contributed by atoms with Crippen LogP contribution in [0.4, 0.5) is 5.82 Å². The highest BCUT2D eigenvalue weighted by Crippen LogP contribution is 2.39. The number of hydrogen-bond donors (Lipinski definition) is 1. The van der Waals surface area contributed by atoms with E-state index in [2.05, 4.69) is 31.2 Å². The van der Waals surface area contributed by atoms with E-state index in [-0.39, 0.29) is 11.8 Å². The normalized spacial score (nSPS) is 24.2. The fourth-order valence-electron chi connectivity index (χ4n) is 2.88. The zero-order valence-corrected chi connectivity index (χ0v) is 12.3. The summed E-state index contributed by atoms with van der Waals surface area (Å²) in [5.41, 5.74) is 0.352. The van der Waals surface area contributed by atoms with Crippen LogP contribution in [0.1, 0.15) is 52.2 Å². The molecule has 0 atom stereocenters. The van der Waals surface area contributed by atoms with Crippen LogP contribution in [0.5, 0.6) is 0 Å². The second kappa shape index (κ2) is 5.35. The van der Waals surface area contributed by atoms with Crippen molar-refractivity contribution in [3.63, 3.8) is 0 Å². The molecule has 0 saturated heterocycles. The topological polar surface area (TPSA) is 55.1 Å². The Balaban J connectivity index is 1.86. The second-order valence-electron chi connectivity index (χ2n) is 6.73. The minimum Gasteiger partial charge on any atom is -0.360 e. The Morgan fingerprint density at radius 1 is 1.32 bits per heavy atom. The number of carbonyl (C=O) groups excluding carboxylic acids is 1. The Labute approximate surface area is 114 Å². The van der Waals surface area contributed by atoms with Crippen LogP contribution in [0, 0.1) is 24.2 Å². The summed E-state index contributed by atoms with van der Waals surface area (Å²) in [6.45, 7) is 8.68. The van der Waals surface area contributed by atoms with Gasteiger partial charge in [-0.05, 0) is 43.9 Å². The molecule has 0 aliphatic heterocycles. The van der Waals surface area contributed by atoms with Crippen molar-refractivity contribution in [3.05, 3.63) is 11.8 Å². The summed E-state index contributed by atoms with van der Waals surface area (Å²) in [6, 6.07) is 1.75. The third kappa shape index (κ3) is 3.58. The Morgan fingerprint density at radius 2 is 1.95 bits per heavy atom. The quantitative estimate of drug-likeness (QED) is 0.884. The average molecular weight is 264 g/mol. The monoisotopic (exact) mass is 264 g/mol. The molecule has 4 heteroatoms. The highest BCUT2D eigenvalue weighted by Gasteiger charge is 2.32. The van der Waals surface area contributed by atoms with Crippen molar-refractivity contribution >= 4 is 11.7 Å². The number of anilines is 1. The van der Waals surface area contributed by atoms with E-state index in [0.717, 1.165) is 31.6 Å². The number of nitrogens with one attached hydrogen (secondary N) is 1. The molecule has 0 spiro atoms. The maximum absolute atomic E-state index is 12.1. The highest BCUT2D eigenvalue weighted by molar-refractivity contribution is 5.91. The number of hydrogen-bond acceptors (Lipinski definition) is 3. The van der Waals surface area contributed by atoms with Gasteiger partial charge in [-0.3, -0.25) is 4.79 Å². The third-order valence-electron chi connectivity index (χ3n) is 4.20. The molecule has 106 valence electrons. The summed E-state index contributed by atoms with van der Waals surface area (Å²) in [7, 11) is 0. The minimum atomic E-state index is 0.0839. The first-order valence-corrected chi connectivity index (χ1v) is 7.10. The van der Waals surface area contributed by atoms with Crippen molar-refractivity contribution in [3.8, 4) is 0 Å². The van der Waals surface area contributed by atoms with E-state index >= 15 is 0 Å². The molecule has 1 aliphatic carbocycles. The third-order valence-corrected chi connectivity index (χ3v) is 4.20. The number of carbonyl (C=O) groups is 1. The lowest BCUT2D eigenvalue weighted by Gasteiger charge is -2.36. The van der Waals surface area contributed by atoms with Crippen LogP contribution >= 0.6 is 0 Å². The van der Waals surface area contributed by atoms with Gasteiger partial charge in [-0.2, -0.15) is 0 Å². The summed E-state index contributed by atoms with van der Waals surface area (Å²) in [4.78, 5) is 12.1. The second-order valence-corrected chi connectivity index (χ2v) is 6.73. The van der Waals surface area contributed by atoms with Crippen molar-refractivity contribution in [2.45, 2.75) is 53.4 Å². The molecule has 1 aromatic heterocycles. The van der Waals surface area contributed by atoms with Gasteiger partial charge in [0.1, 0.15) is 5.76 Å². The van der Waals surface area contributed by atoms with Gasteiger partial charge in [0.25, 0.3) is 0 Å². The summed E-state index contributed by atoms with van der Waals surface area (Å²) in [6.07, 6.45) is 4.23. The van der Waals surface area contributed by atoms with Crippen molar-refractivity contribution < 1.29 is 9.32 Å². The summed E-state index contributed by atoms with van der Waals surface area (Å²) in [5, 5.41) is 6.64. The average Bonchev–Trinajstić information content (AvgIpc) is 2.74. The molecule has 0 bridgehead atoms. The lowest BCUT2D eigenvalue weighted by atomic mass is 9.70. The Hall–Kier alpha value is -1.32. The summed E-state index contributed by atoms with van der Waals surface area (Å²) in [5.74, 6) is 2.18. The van der Waals surface area contributed by atoms with E-state index < -0.39 is 0 Å². The number of nitrogens with zero attached hydrogens (tertiary/aromatic N) is 1. The Morgan fingerprint density at radius 3 is 2.42 bits per heavy atom. The number of aromatic nitrogens is 1. The van der Waals surface area contributed by atoms with Gasteiger partial charge in [0.05, 0.1) is 0 Å². The summed E-state index contributed by atoms with van der Waals surface area (Å²) >= 11 is 0. The number of rotatable bonds is 2. The molecule has 1 aromatic rings. The molecule has 1 aliphatic rings. The first kappa shape index (κ1) is 14.1. The lowest BCUT2D eigenvalue weighted by Crippen LogP contribution is -2.31. The molecule has 4 nitrogen and oxygen atoms in total. The van der Waals surface area contributed by atoms with E-state index in [1.165, 1.54) is 0 Å². The van der Waals surface area contributed by atoms with Crippen LogP contribution in [-0.4, -0.2) is 11.1 Å². The zero-order chi connectivity index (χ0) is 14.0. The molecule has 1 fully saturated rings. The minimum absolute atomic E-state index is 0.0839. The van der Waals surface area contributed by atoms with Crippen LogP contribution < -0.4 is 5.32 Å². The van der Waals surface area contributed by atoms with Gasteiger partial charge in [-0.1, -0.05) is 25.9 Å². The smallest absolute Gasteiger partial charge is 0.228 e. The molecule has 1 amide bonds. The first-order chi connectivity index (χ1) is 8.86. The Kier molecular flexibility index (Phi) is 3.97. The predicted octanol–water partition coefficient (Wildman–Crippen LogP) is 3.77. The van der Waals surface area contributed by atoms with Crippen LogP contribution in [0.15, 0.2) is 10.6 Å². The molecule has 2 rings (SSSR count). The molecule has 0 aromatic carbocycles. The first-order valence-electron chi connectivity index (χ1n) is 7.10. The molecule has 1 heterocycles. The van der Waals surface area contributed by atoms with Gasteiger partial charge in [0.15, 0.2) is 5.82 Å². The molecule has 1 saturated carbocycles. The van der Waals surface area contributed by atoms with Crippen molar-refractivity contribution in [1.82, 2.24) is 5.16 Å². The van der Waals surface area contributed by atoms with Gasteiger partial charge in [-0.15, -0.1) is 0 Å². The molecule has 19 heavy (non-hydrogen) atoms. The van der Waals surface area contributed by atoms with Crippen molar-refractivity contribution in [2.75, 3.05) is 5.32 Å². The highest BCUT2D eigenvalue weighted by atomic mass is 16.5. The van der Waals surface area contributed by atoms with E-state index in [1.54, 1.807) is 6.07 Å². The number of amides is 1. The van der Waals surface area contributed by atoms with Crippen LogP contribution in [0.3, 0.4) is 0 Å². The van der Waals surface area contributed by atoms with E-state index in [1.807, 2.05) is 6.92 Å². The van der Waals surface area contributed by atoms with Crippen molar-refractivity contribution in [1.29, 1.82) is 0 Å². The fraction of sp³-hybridized carbons (Fsp3) is 0.733. The lowest BCUT2D eigenvalue weighted by molar-refractivity contribution is -0.121. The van der Waals surface area contributed by atoms with Crippen LogP contribution in [0.2, 0.25) is 0 Å². The Bertz CT molecular complexity index is 437. The van der Waals surface area contributed by atoms with Crippen LogP contribution in [-0.2, 0) is 4.79 Å². The largest absolute Gasteiger partial charge is 0.360 e. The van der Waals surface area contributed by atoms with Gasteiger partial charge in [0, 0.05) is 12.0 Å². The van der Waals surface area contributed by atoms with Gasteiger partial charge in [-0.25, -0.2) is 0 Å². The van der Waals surface area contributed by atoms with E-state index in [9.17, 15) is 4.79 Å². The van der Waals surface area contributed by atoms with Gasteiger partial charge < -0.3 is 9.84 Å². The number of aryl methyl sites for hydroxylation is 1. The SMILES string of the molecule is Cc1cc(NC(=O)C2CCC(C(C)(C)C)CC2)no1. The van der Waals surface area contributed by atoms with Gasteiger partial charge in [0.2, 0.25) is 5.91 Å². The van der Waals surface area contributed by atoms with Gasteiger partial charge >= 0.3 is 0 Å². The molecular weight excluding hydrogens is 240 g/mol. The maximum atomic E-state index is 12.1. The van der Waals surface area contributed by atoms with Crippen molar-refractivity contribution in [2.24, 2.45) is 17.3 Å². The van der Waals surface area contributed by atoms with Crippen LogP contribution in [0.25, 0.3) is 0 Å².